The van der Waals surface area contributed by atoms with E-state index in [9.17, 15) is 4.79 Å². The summed E-state index contributed by atoms with van der Waals surface area (Å²) in [6.45, 7) is 5.02. The molecule has 0 atom stereocenters. The smallest absolute Gasteiger partial charge is 0.224 e. The van der Waals surface area contributed by atoms with Crippen LogP contribution in [0.5, 0.6) is 0 Å². The van der Waals surface area contributed by atoms with Crippen LogP contribution in [0.3, 0.4) is 0 Å². The maximum absolute atomic E-state index is 11.3. The molecule has 104 valence electrons. The van der Waals surface area contributed by atoms with Gasteiger partial charge in [-0.3, -0.25) is 4.79 Å². The van der Waals surface area contributed by atoms with Gasteiger partial charge in [0.05, 0.1) is 0 Å². The molecule has 0 unspecified atom stereocenters. The van der Waals surface area contributed by atoms with Gasteiger partial charge < -0.3 is 16.4 Å². The van der Waals surface area contributed by atoms with Gasteiger partial charge in [0, 0.05) is 29.9 Å². The second kappa shape index (κ2) is 5.61. The predicted molar refractivity (Wildman–Crippen MR) is 79.4 cm³/mol. The van der Waals surface area contributed by atoms with E-state index in [2.05, 4.69) is 30.5 Å². The van der Waals surface area contributed by atoms with Gasteiger partial charge in [0.1, 0.15) is 0 Å². The van der Waals surface area contributed by atoms with E-state index < -0.39 is 0 Å². The summed E-state index contributed by atoms with van der Waals surface area (Å²) in [7, 11) is 0. The first-order valence-electron chi connectivity index (χ1n) is 6.90. The molecule has 0 aliphatic carbocycles. The highest BCUT2D eigenvalue weighted by atomic mass is 16.1. The first-order chi connectivity index (χ1) is 8.94. The molecule has 0 fully saturated rings. The number of rotatable bonds is 5. The Hall–Kier alpha value is -1.55. The molecule has 0 bridgehead atoms. The maximum atomic E-state index is 11.3. The zero-order chi connectivity index (χ0) is 13.9. The predicted octanol–water partition coefficient (Wildman–Crippen LogP) is 2.50. The maximum Gasteiger partial charge on any atom is 0.224 e. The molecule has 4 heteroatoms. The van der Waals surface area contributed by atoms with Gasteiger partial charge in [-0.2, -0.15) is 0 Å². The summed E-state index contributed by atoms with van der Waals surface area (Å²) in [5, 5.41) is 6.30. The van der Waals surface area contributed by atoms with Gasteiger partial charge in [-0.15, -0.1) is 0 Å². The molecule has 4 N–H and O–H groups in total. The minimum atomic E-state index is -0.0954. The molecule has 1 heterocycles. The second-order valence-electron chi connectivity index (χ2n) is 5.94. The van der Waals surface area contributed by atoms with E-state index in [-0.39, 0.29) is 11.4 Å². The van der Waals surface area contributed by atoms with Crippen LogP contribution in [0.4, 0.5) is 11.4 Å². The Morgan fingerprint density at radius 3 is 2.89 bits per heavy atom. The average molecular weight is 261 g/mol. The fourth-order valence-corrected chi connectivity index (χ4v) is 2.27. The first kappa shape index (κ1) is 13.9. The summed E-state index contributed by atoms with van der Waals surface area (Å²) >= 11 is 0. The van der Waals surface area contributed by atoms with Gasteiger partial charge in [0.2, 0.25) is 5.91 Å². The van der Waals surface area contributed by atoms with E-state index in [4.69, 9.17) is 5.73 Å². The molecular formula is C15H23N3O. The van der Waals surface area contributed by atoms with Crippen LogP contribution < -0.4 is 16.4 Å². The second-order valence-corrected chi connectivity index (χ2v) is 5.94. The largest absolute Gasteiger partial charge is 0.385 e. The van der Waals surface area contributed by atoms with Crippen LogP contribution in [0.2, 0.25) is 0 Å². The van der Waals surface area contributed by atoms with Gasteiger partial charge >= 0.3 is 0 Å². The van der Waals surface area contributed by atoms with E-state index in [1.54, 1.807) is 0 Å². The Kier molecular flexibility index (Phi) is 4.10. The molecule has 1 aromatic rings. The van der Waals surface area contributed by atoms with E-state index in [1.165, 1.54) is 5.56 Å². The normalized spacial score (nSPS) is 14.8. The summed E-state index contributed by atoms with van der Waals surface area (Å²) in [6, 6.07) is 6.11. The number of anilines is 2. The van der Waals surface area contributed by atoms with Crippen molar-refractivity contribution < 1.29 is 4.79 Å². The number of nitrogens with two attached hydrogens (primary N) is 1. The molecule has 1 aliphatic rings. The number of amides is 1. The molecule has 19 heavy (non-hydrogen) atoms. The lowest BCUT2D eigenvalue weighted by Gasteiger charge is -2.19. The van der Waals surface area contributed by atoms with Crippen molar-refractivity contribution >= 4 is 17.3 Å². The Labute approximate surface area is 114 Å². The first-order valence-corrected chi connectivity index (χ1v) is 6.90. The number of carbonyl (C=O) groups is 1. The number of aryl methyl sites for hydroxylation is 1. The summed E-state index contributed by atoms with van der Waals surface area (Å²) in [5.41, 5.74) is 9.13. The molecule has 0 aromatic heterocycles. The van der Waals surface area contributed by atoms with Crippen molar-refractivity contribution in [2.45, 2.75) is 45.1 Å². The third-order valence-corrected chi connectivity index (χ3v) is 3.33. The van der Waals surface area contributed by atoms with Crippen molar-refractivity contribution in [1.29, 1.82) is 0 Å². The standard InChI is InChI=1S/C15H23N3O/c1-15(2,16)8-3-9-17-12-5-6-13-11(10-12)4-7-14(19)18-13/h5-6,10,17H,3-4,7-9,16H2,1-2H3,(H,18,19). The minimum Gasteiger partial charge on any atom is -0.385 e. The molecule has 1 aromatic carbocycles. The molecule has 0 saturated carbocycles. The van der Waals surface area contributed by atoms with Gasteiger partial charge in [0.25, 0.3) is 0 Å². The summed E-state index contributed by atoms with van der Waals surface area (Å²) in [4.78, 5) is 11.3. The van der Waals surface area contributed by atoms with E-state index in [0.717, 1.165) is 37.2 Å². The molecule has 0 radical (unpaired) electrons. The van der Waals surface area contributed by atoms with Crippen LogP contribution in [0.15, 0.2) is 18.2 Å². The van der Waals surface area contributed by atoms with E-state index in [0.29, 0.717) is 6.42 Å². The number of hydrogen-bond acceptors (Lipinski definition) is 3. The molecule has 0 spiro atoms. The lowest BCUT2D eigenvalue weighted by molar-refractivity contribution is -0.116. The van der Waals surface area contributed by atoms with Crippen LogP contribution in [-0.2, 0) is 11.2 Å². The van der Waals surface area contributed by atoms with Crippen LogP contribution in [0, 0.1) is 0 Å². The fraction of sp³-hybridized carbons (Fsp3) is 0.533. The van der Waals surface area contributed by atoms with Crippen molar-refractivity contribution in [1.82, 2.24) is 0 Å². The highest BCUT2D eigenvalue weighted by Crippen LogP contribution is 2.25. The molecule has 1 aliphatic heterocycles. The quantitative estimate of drug-likeness (QED) is 0.713. The molecule has 2 rings (SSSR count). The van der Waals surface area contributed by atoms with Gasteiger partial charge in [-0.25, -0.2) is 0 Å². The number of hydrogen-bond donors (Lipinski definition) is 3. The molecule has 4 nitrogen and oxygen atoms in total. The summed E-state index contributed by atoms with van der Waals surface area (Å²) < 4.78 is 0. The van der Waals surface area contributed by atoms with E-state index in [1.807, 2.05) is 12.1 Å². The fourth-order valence-electron chi connectivity index (χ4n) is 2.27. The summed E-state index contributed by atoms with van der Waals surface area (Å²) in [5.74, 6) is 0.110. The Morgan fingerprint density at radius 2 is 2.16 bits per heavy atom. The van der Waals surface area contributed by atoms with Gasteiger partial charge in [0.15, 0.2) is 0 Å². The molecule has 1 amide bonds. The lowest BCUT2D eigenvalue weighted by Crippen LogP contribution is -2.32. The highest BCUT2D eigenvalue weighted by molar-refractivity contribution is 5.94. The number of nitrogens with one attached hydrogen (secondary N) is 2. The third-order valence-electron chi connectivity index (χ3n) is 3.33. The number of benzene rings is 1. The van der Waals surface area contributed by atoms with E-state index >= 15 is 0 Å². The Balaban J connectivity index is 1.87. The van der Waals surface area contributed by atoms with Crippen molar-refractivity contribution in [2.75, 3.05) is 17.2 Å². The van der Waals surface area contributed by atoms with Crippen LogP contribution in [0.1, 0.15) is 38.7 Å². The highest BCUT2D eigenvalue weighted by Gasteiger charge is 2.14. The third kappa shape index (κ3) is 4.24. The Bertz CT molecular complexity index is 463. The van der Waals surface area contributed by atoms with Crippen LogP contribution >= 0.6 is 0 Å². The average Bonchev–Trinajstić information content (AvgIpc) is 2.33. The molecule has 0 saturated heterocycles. The van der Waals surface area contributed by atoms with Gasteiger partial charge in [-0.05, 0) is 56.9 Å². The topological polar surface area (TPSA) is 67.1 Å². The zero-order valence-electron chi connectivity index (χ0n) is 11.8. The number of carbonyl (C=O) groups excluding carboxylic acids is 1. The van der Waals surface area contributed by atoms with Gasteiger partial charge in [-0.1, -0.05) is 0 Å². The van der Waals surface area contributed by atoms with Crippen molar-refractivity contribution in [2.24, 2.45) is 5.73 Å². The van der Waals surface area contributed by atoms with Crippen LogP contribution in [-0.4, -0.2) is 18.0 Å². The minimum absolute atomic E-state index is 0.0954. The lowest BCUT2D eigenvalue weighted by atomic mass is 10.00. The monoisotopic (exact) mass is 261 g/mol. The van der Waals surface area contributed by atoms with Crippen molar-refractivity contribution in [3.63, 3.8) is 0 Å². The Morgan fingerprint density at radius 1 is 1.37 bits per heavy atom. The zero-order valence-corrected chi connectivity index (χ0v) is 11.8. The summed E-state index contributed by atoms with van der Waals surface area (Å²) in [6.07, 6.45) is 3.46. The van der Waals surface area contributed by atoms with Crippen LogP contribution in [0.25, 0.3) is 0 Å². The van der Waals surface area contributed by atoms with Crippen molar-refractivity contribution in [3.8, 4) is 0 Å². The number of fused-ring (bicyclic) bond motifs is 1. The molecular weight excluding hydrogens is 238 g/mol. The SMILES string of the molecule is CC(C)(N)CCCNc1ccc2c(c1)CCC(=O)N2. The van der Waals surface area contributed by atoms with Crippen molar-refractivity contribution in [3.05, 3.63) is 23.8 Å².